The summed E-state index contributed by atoms with van der Waals surface area (Å²) in [5, 5.41) is 29.2. The highest BCUT2D eigenvalue weighted by atomic mass is 16.5. The Morgan fingerprint density at radius 2 is 1.96 bits per heavy atom. The van der Waals surface area contributed by atoms with Crippen LogP contribution < -0.4 is 0 Å². The van der Waals surface area contributed by atoms with Crippen LogP contribution in [0.5, 0.6) is 0 Å². The van der Waals surface area contributed by atoms with Crippen LogP contribution >= 0.6 is 0 Å². The van der Waals surface area contributed by atoms with Gasteiger partial charge in [0.15, 0.2) is 5.79 Å². The van der Waals surface area contributed by atoms with E-state index in [9.17, 15) is 19.8 Å². The molecule has 0 unspecified atom stereocenters. The first-order valence-electron chi connectivity index (χ1n) is 10.2. The van der Waals surface area contributed by atoms with Crippen LogP contribution in [0.1, 0.15) is 65.2 Å². The average Bonchev–Trinajstić information content (AvgIpc) is 2.89. The molecule has 0 amide bonds. The highest BCUT2D eigenvalue weighted by Gasteiger charge is 2.61. The molecule has 5 atom stereocenters. The van der Waals surface area contributed by atoms with Crippen LogP contribution in [0.2, 0.25) is 0 Å². The molecule has 4 aliphatic rings. The Morgan fingerprint density at radius 3 is 2.67 bits per heavy atom. The van der Waals surface area contributed by atoms with Gasteiger partial charge >= 0.3 is 5.97 Å². The van der Waals surface area contributed by atoms with Crippen molar-refractivity contribution in [1.82, 2.24) is 0 Å². The van der Waals surface area contributed by atoms with Crippen LogP contribution in [0.25, 0.3) is 0 Å². The van der Waals surface area contributed by atoms with Crippen molar-refractivity contribution in [1.29, 1.82) is 0 Å². The van der Waals surface area contributed by atoms with Crippen LogP contribution in [-0.2, 0) is 9.59 Å². The highest BCUT2D eigenvalue weighted by molar-refractivity contribution is 5.85. The van der Waals surface area contributed by atoms with Crippen molar-refractivity contribution in [2.75, 3.05) is 0 Å². The molecular weight excluding hydrogens is 344 g/mol. The molecule has 3 fully saturated rings. The summed E-state index contributed by atoms with van der Waals surface area (Å²) in [5.74, 6) is -1.59. The monoisotopic (exact) mass is 374 g/mol. The number of Topliss-reactive ketones (excluding diaryl/α,β-unsaturated/α-hetero) is 1. The van der Waals surface area contributed by atoms with E-state index in [1.165, 1.54) is 0 Å². The number of carbonyl (C=O) groups excluding carboxylic acids is 1. The van der Waals surface area contributed by atoms with E-state index >= 15 is 0 Å². The molecular formula is C22H30O5. The number of carboxylic acids is 1. The van der Waals surface area contributed by atoms with Gasteiger partial charge in [0, 0.05) is 25.2 Å². The van der Waals surface area contributed by atoms with Gasteiger partial charge in [-0.05, 0) is 48.3 Å². The van der Waals surface area contributed by atoms with Crippen LogP contribution in [0.4, 0.5) is 0 Å². The Kier molecular flexibility index (Phi) is 4.21. The van der Waals surface area contributed by atoms with Gasteiger partial charge in [-0.25, -0.2) is 0 Å². The van der Waals surface area contributed by atoms with E-state index in [4.69, 9.17) is 5.11 Å². The first kappa shape index (κ1) is 18.9. The number of aliphatic carboxylic acids is 1. The van der Waals surface area contributed by atoms with Gasteiger partial charge in [-0.15, -0.1) is 0 Å². The Labute approximate surface area is 160 Å². The topological polar surface area (TPSA) is 94.8 Å². The molecule has 0 aromatic heterocycles. The Hall–Kier alpha value is -1.46. The Morgan fingerprint density at radius 1 is 1.22 bits per heavy atom. The lowest BCUT2D eigenvalue weighted by molar-refractivity contribution is -0.189. The minimum atomic E-state index is -1.65. The number of hydrogen-bond donors (Lipinski definition) is 3. The molecule has 0 heterocycles. The minimum absolute atomic E-state index is 0.0246. The van der Waals surface area contributed by atoms with Crippen molar-refractivity contribution in [3.05, 3.63) is 23.3 Å². The third-order valence-corrected chi connectivity index (χ3v) is 8.21. The predicted octanol–water partition coefficient (Wildman–Crippen LogP) is 3.21. The fourth-order valence-electron chi connectivity index (χ4n) is 6.86. The third-order valence-electron chi connectivity index (χ3n) is 8.21. The van der Waals surface area contributed by atoms with E-state index in [0.29, 0.717) is 25.2 Å². The smallest absolute Gasteiger partial charge is 0.307 e. The van der Waals surface area contributed by atoms with E-state index in [-0.39, 0.29) is 41.3 Å². The molecule has 4 rings (SSSR count). The highest BCUT2D eigenvalue weighted by Crippen LogP contribution is 2.65. The number of allylic oxidation sites excluding steroid dienone is 2. The van der Waals surface area contributed by atoms with Crippen molar-refractivity contribution in [2.45, 2.75) is 71.0 Å². The van der Waals surface area contributed by atoms with Crippen LogP contribution in [-0.4, -0.2) is 32.9 Å². The minimum Gasteiger partial charge on any atom is -0.481 e. The van der Waals surface area contributed by atoms with Gasteiger partial charge in [-0.2, -0.15) is 0 Å². The van der Waals surface area contributed by atoms with Gasteiger partial charge in [-0.3, -0.25) is 9.59 Å². The number of ketones is 1. The maximum absolute atomic E-state index is 13.4. The second kappa shape index (κ2) is 6.02. The van der Waals surface area contributed by atoms with E-state index < -0.39 is 11.8 Å². The molecule has 3 N–H and O–H groups in total. The van der Waals surface area contributed by atoms with E-state index in [1.54, 1.807) is 0 Å². The van der Waals surface area contributed by atoms with Crippen molar-refractivity contribution < 1.29 is 24.9 Å². The lowest BCUT2D eigenvalue weighted by Gasteiger charge is -2.57. The molecule has 0 spiro atoms. The van der Waals surface area contributed by atoms with Gasteiger partial charge < -0.3 is 15.3 Å². The maximum Gasteiger partial charge on any atom is 0.307 e. The third kappa shape index (κ3) is 2.82. The zero-order valence-corrected chi connectivity index (χ0v) is 16.2. The van der Waals surface area contributed by atoms with Crippen molar-refractivity contribution >= 4 is 11.8 Å². The SMILES string of the molecule is C[C@]12CCC(O)(O)CC1=CC[C@@H]1[C@@H]2C(=O)C[C@]2(C)C(=CCC(=O)O)CC[C@@H]12. The quantitative estimate of drug-likeness (QED) is 0.510. The van der Waals surface area contributed by atoms with E-state index in [1.807, 2.05) is 6.08 Å². The first-order valence-corrected chi connectivity index (χ1v) is 10.2. The number of carboxylic acid groups (broad SMARTS) is 1. The van der Waals surface area contributed by atoms with E-state index in [0.717, 1.165) is 30.4 Å². The normalized spacial score (nSPS) is 44.3. The first-order chi connectivity index (χ1) is 12.6. The fourth-order valence-corrected chi connectivity index (χ4v) is 6.86. The fraction of sp³-hybridized carbons (Fsp3) is 0.727. The zero-order valence-electron chi connectivity index (χ0n) is 16.2. The summed E-state index contributed by atoms with van der Waals surface area (Å²) < 4.78 is 0. The summed E-state index contributed by atoms with van der Waals surface area (Å²) in [7, 11) is 0. The van der Waals surface area contributed by atoms with Crippen molar-refractivity contribution in [3.8, 4) is 0 Å². The standard InChI is InChI=1S/C22H30O5/c1-20-9-10-22(26,27)11-14(20)3-6-15-16-7-4-13(5-8-18(24)25)21(16,2)12-17(23)19(15)20/h3,5,15-16,19,26-27H,4,6-12H2,1-2H3,(H,24,25)/t15-,16-,19+,20-,21+/m0/s1. The summed E-state index contributed by atoms with van der Waals surface area (Å²) in [4.78, 5) is 24.4. The molecule has 0 bridgehead atoms. The molecule has 4 aliphatic carbocycles. The molecule has 5 heteroatoms. The summed E-state index contributed by atoms with van der Waals surface area (Å²) in [5.41, 5.74) is 1.69. The van der Waals surface area contributed by atoms with Gasteiger partial charge in [0.25, 0.3) is 0 Å². The number of hydrogen-bond acceptors (Lipinski definition) is 4. The van der Waals surface area contributed by atoms with E-state index in [2.05, 4.69) is 19.9 Å². The van der Waals surface area contributed by atoms with Crippen molar-refractivity contribution in [2.24, 2.45) is 28.6 Å². The number of rotatable bonds is 2. The summed E-state index contributed by atoms with van der Waals surface area (Å²) in [6.07, 6.45) is 8.40. The molecule has 0 saturated heterocycles. The van der Waals surface area contributed by atoms with Crippen LogP contribution in [0, 0.1) is 28.6 Å². The second-order valence-corrected chi connectivity index (χ2v) is 9.72. The Bertz CT molecular complexity index is 748. The Balaban J connectivity index is 1.68. The molecule has 27 heavy (non-hydrogen) atoms. The number of fused-ring (bicyclic) bond motifs is 5. The van der Waals surface area contributed by atoms with Gasteiger partial charge in [0.1, 0.15) is 5.78 Å². The summed E-state index contributed by atoms with van der Waals surface area (Å²) in [6.45, 7) is 4.29. The lowest BCUT2D eigenvalue weighted by Crippen LogP contribution is -2.55. The molecule has 3 saturated carbocycles. The van der Waals surface area contributed by atoms with Gasteiger partial charge in [0.2, 0.25) is 0 Å². The lowest BCUT2D eigenvalue weighted by atomic mass is 9.47. The maximum atomic E-state index is 13.4. The summed E-state index contributed by atoms with van der Waals surface area (Å²) >= 11 is 0. The molecule has 0 aromatic rings. The number of aliphatic hydroxyl groups is 2. The number of carbonyl (C=O) groups is 2. The van der Waals surface area contributed by atoms with Gasteiger partial charge in [0.05, 0.1) is 6.42 Å². The molecule has 0 aliphatic heterocycles. The zero-order chi connectivity index (χ0) is 19.6. The molecule has 148 valence electrons. The second-order valence-electron chi connectivity index (χ2n) is 9.72. The van der Waals surface area contributed by atoms with Crippen LogP contribution in [0.15, 0.2) is 23.3 Å². The van der Waals surface area contributed by atoms with Gasteiger partial charge in [-0.1, -0.05) is 37.1 Å². The van der Waals surface area contributed by atoms with Crippen molar-refractivity contribution in [3.63, 3.8) is 0 Å². The average molecular weight is 374 g/mol. The molecule has 0 radical (unpaired) electrons. The summed E-state index contributed by atoms with van der Waals surface area (Å²) in [6, 6.07) is 0. The predicted molar refractivity (Wildman–Crippen MR) is 99.6 cm³/mol. The molecule has 5 nitrogen and oxygen atoms in total. The molecule has 0 aromatic carbocycles. The largest absolute Gasteiger partial charge is 0.481 e. The van der Waals surface area contributed by atoms with Crippen LogP contribution in [0.3, 0.4) is 0 Å².